The third-order valence-corrected chi connectivity index (χ3v) is 3.87. The van der Waals surface area contributed by atoms with Crippen molar-refractivity contribution in [2.45, 2.75) is 26.3 Å². The molecular weight excluding hydrogens is 274 g/mol. The Kier molecular flexibility index (Phi) is 4.19. The van der Waals surface area contributed by atoms with Crippen molar-refractivity contribution in [2.75, 3.05) is 0 Å². The molecule has 2 N–H and O–H groups in total. The van der Waals surface area contributed by atoms with Gasteiger partial charge in [0.1, 0.15) is 0 Å². The number of fused-ring (bicyclic) bond motifs is 1. The van der Waals surface area contributed by atoms with E-state index in [2.05, 4.69) is 34.3 Å². The van der Waals surface area contributed by atoms with Gasteiger partial charge in [0.25, 0.3) is 0 Å². The van der Waals surface area contributed by atoms with Gasteiger partial charge in [-0.2, -0.15) is 0 Å². The summed E-state index contributed by atoms with van der Waals surface area (Å²) in [5, 5.41) is 4.16. The number of nitrogens with zero attached hydrogens (tertiary/aromatic N) is 1. The minimum Gasteiger partial charge on any atom is -0.358 e. The summed E-state index contributed by atoms with van der Waals surface area (Å²) in [5.74, 6) is 0.0708. The molecule has 0 saturated heterocycles. The van der Waals surface area contributed by atoms with Crippen molar-refractivity contribution in [3.63, 3.8) is 0 Å². The molecule has 3 rings (SSSR count). The Hall–Kier alpha value is -2.62. The molecule has 0 atom stereocenters. The van der Waals surface area contributed by atoms with Gasteiger partial charge in [0.15, 0.2) is 0 Å². The molecule has 2 heterocycles. The van der Waals surface area contributed by atoms with E-state index in [0.717, 1.165) is 23.2 Å². The Labute approximate surface area is 129 Å². The zero-order chi connectivity index (χ0) is 15.4. The number of carbonyl (C=O) groups is 1. The summed E-state index contributed by atoms with van der Waals surface area (Å²) in [6.45, 7) is 2.61. The molecule has 3 aromatic rings. The highest BCUT2D eigenvalue weighted by molar-refractivity contribution is 5.85. The minimum absolute atomic E-state index is 0.0708. The molecule has 0 saturated carbocycles. The number of aromatic amines is 1. The van der Waals surface area contributed by atoms with E-state index in [9.17, 15) is 4.79 Å². The van der Waals surface area contributed by atoms with Crippen LogP contribution in [0.2, 0.25) is 0 Å². The second-order valence-electron chi connectivity index (χ2n) is 5.41. The van der Waals surface area contributed by atoms with Gasteiger partial charge in [0.2, 0.25) is 5.91 Å². The van der Waals surface area contributed by atoms with Crippen molar-refractivity contribution in [1.82, 2.24) is 15.3 Å². The molecule has 0 fully saturated rings. The molecule has 1 amide bonds. The lowest BCUT2D eigenvalue weighted by Gasteiger charge is -2.05. The van der Waals surface area contributed by atoms with Crippen LogP contribution in [0.5, 0.6) is 0 Å². The van der Waals surface area contributed by atoms with Crippen LogP contribution >= 0.6 is 0 Å². The summed E-state index contributed by atoms with van der Waals surface area (Å²) in [6.07, 6.45) is 4.71. The highest BCUT2D eigenvalue weighted by Crippen LogP contribution is 2.22. The number of aryl methyl sites for hydroxylation is 2. The Bertz CT molecular complexity index is 777. The second-order valence-corrected chi connectivity index (χ2v) is 5.41. The van der Waals surface area contributed by atoms with Crippen LogP contribution < -0.4 is 5.32 Å². The molecular formula is C18H19N3O. The fourth-order valence-corrected chi connectivity index (χ4v) is 2.69. The molecule has 0 bridgehead atoms. The van der Waals surface area contributed by atoms with Gasteiger partial charge in [-0.1, -0.05) is 18.2 Å². The van der Waals surface area contributed by atoms with Crippen LogP contribution in [0.25, 0.3) is 10.9 Å². The number of hydrogen-bond donors (Lipinski definition) is 2. The van der Waals surface area contributed by atoms with Crippen molar-refractivity contribution in [1.29, 1.82) is 0 Å². The first-order valence-corrected chi connectivity index (χ1v) is 7.46. The van der Waals surface area contributed by atoms with E-state index in [1.54, 1.807) is 12.4 Å². The first-order valence-electron chi connectivity index (χ1n) is 7.46. The average Bonchev–Trinajstić information content (AvgIpc) is 2.87. The van der Waals surface area contributed by atoms with Crippen LogP contribution in [0.3, 0.4) is 0 Å². The third kappa shape index (κ3) is 3.17. The average molecular weight is 293 g/mol. The Morgan fingerprint density at radius 3 is 2.77 bits per heavy atom. The standard InChI is InChI=1S/C18H19N3O/c1-13-15(16-4-2-3-5-17(16)21-13)6-7-18(22)20-12-14-8-10-19-11-9-14/h2-5,8-11,21H,6-7,12H2,1H3,(H,20,22). The number of nitrogens with one attached hydrogen (secondary N) is 2. The molecule has 0 aliphatic rings. The van der Waals surface area contributed by atoms with E-state index in [4.69, 9.17) is 0 Å². The van der Waals surface area contributed by atoms with E-state index in [0.29, 0.717) is 13.0 Å². The number of benzene rings is 1. The van der Waals surface area contributed by atoms with Gasteiger partial charge in [-0.15, -0.1) is 0 Å². The molecule has 0 spiro atoms. The maximum atomic E-state index is 12.0. The number of H-pyrrole nitrogens is 1. The highest BCUT2D eigenvalue weighted by Gasteiger charge is 2.10. The summed E-state index contributed by atoms with van der Waals surface area (Å²) in [4.78, 5) is 19.4. The van der Waals surface area contributed by atoms with E-state index in [-0.39, 0.29) is 5.91 Å². The van der Waals surface area contributed by atoms with Crippen LogP contribution in [-0.2, 0) is 17.8 Å². The van der Waals surface area contributed by atoms with Crippen molar-refractivity contribution in [3.8, 4) is 0 Å². The number of para-hydroxylation sites is 1. The van der Waals surface area contributed by atoms with E-state index in [1.807, 2.05) is 24.3 Å². The van der Waals surface area contributed by atoms with Crippen LogP contribution in [0.15, 0.2) is 48.8 Å². The number of aromatic nitrogens is 2. The molecule has 0 unspecified atom stereocenters. The van der Waals surface area contributed by atoms with Crippen molar-refractivity contribution < 1.29 is 4.79 Å². The van der Waals surface area contributed by atoms with Crippen molar-refractivity contribution >= 4 is 16.8 Å². The molecule has 0 aliphatic carbocycles. The smallest absolute Gasteiger partial charge is 0.220 e. The zero-order valence-electron chi connectivity index (χ0n) is 12.6. The SMILES string of the molecule is Cc1[nH]c2ccccc2c1CCC(=O)NCc1ccncc1. The first kappa shape index (κ1) is 14.3. The Balaban J connectivity index is 1.59. The van der Waals surface area contributed by atoms with Gasteiger partial charge in [-0.25, -0.2) is 0 Å². The lowest BCUT2D eigenvalue weighted by atomic mass is 10.1. The summed E-state index contributed by atoms with van der Waals surface area (Å²) < 4.78 is 0. The maximum Gasteiger partial charge on any atom is 0.220 e. The summed E-state index contributed by atoms with van der Waals surface area (Å²) in [7, 11) is 0. The fourth-order valence-electron chi connectivity index (χ4n) is 2.69. The van der Waals surface area contributed by atoms with Gasteiger partial charge >= 0.3 is 0 Å². The van der Waals surface area contributed by atoms with Crippen LogP contribution in [0.4, 0.5) is 0 Å². The number of rotatable bonds is 5. The lowest BCUT2D eigenvalue weighted by molar-refractivity contribution is -0.121. The number of amides is 1. The largest absolute Gasteiger partial charge is 0.358 e. The first-order chi connectivity index (χ1) is 10.7. The monoisotopic (exact) mass is 293 g/mol. The summed E-state index contributed by atoms with van der Waals surface area (Å²) in [6, 6.07) is 12.0. The number of pyridine rings is 1. The molecule has 4 heteroatoms. The molecule has 22 heavy (non-hydrogen) atoms. The predicted octanol–water partition coefficient (Wildman–Crippen LogP) is 3.12. The number of carbonyl (C=O) groups excluding carboxylic acids is 1. The molecule has 2 aromatic heterocycles. The van der Waals surface area contributed by atoms with E-state index in [1.165, 1.54) is 10.9 Å². The molecule has 1 aromatic carbocycles. The zero-order valence-corrected chi connectivity index (χ0v) is 12.6. The molecule has 112 valence electrons. The third-order valence-electron chi connectivity index (χ3n) is 3.87. The van der Waals surface area contributed by atoms with Gasteiger partial charge in [-0.3, -0.25) is 9.78 Å². The second kappa shape index (κ2) is 6.43. The van der Waals surface area contributed by atoms with E-state index >= 15 is 0 Å². The molecule has 0 radical (unpaired) electrons. The van der Waals surface area contributed by atoms with E-state index < -0.39 is 0 Å². The van der Waals surface area contributed by atoms with Gasteiger partial charge < -0.3 is 10.3 Å². The van der Waals surface area contributed by atoms with Crippen LogP contribution in [0.1, 0.15) is 23.2 Å². The van der Waals surface area contributed by atoms with Crippen molar-refractivity contribution in [3.05, 3.63) is 65.6 Å². The van der Waals surface area contributed by atoms with Gasteiger partial charge in [0.05, 0.1) is 0 Å². The van der Waals surface area contributed by atoms with Crippen molar-refractivity contribution in [2.24, 2.45) is 0 Å². The highest BCUT2D eigenvalue weighted by atomic mass is 16.1. The Morgan fingerprint density at radius 2 is 1.95 bits per heavy atom. The normalized spacial score (nSPS) is 10.8. The minimum atomic E-state index is 0.0708. The quantitative estimate of drug-likeness (QED) is 0.759. The number of hydrogen-bond acceptors (Lipinski definition) is 2. The Morgan fingerprint density at radius 1 is 1.18 bits per heavy atom. The topological polar surface area (TPSA) is 57.8 Å². The van der Waals surface area contributed by atoms with Crippen LogP contribution in [0, 0.1) is 6.92 Å². The molecule has 4 nitrogen and oxygen atoms in total. The fraction of sp³-hybridized carbons (Fsp3) is 0.222. The van der Waals surface area contributed by atoms with Gasteiger partial charge in [0, 0.05) is 42.0 Å². The van der Waals surface area contributed by atoms with Crippen LogP contribution in [-0.4, -0.2) is 15.9 Å². The van der Waals surface area contributed by atoms with Gasteiger partial charge in [-0.05, 0) is 42.7 Å². The predicted molar refractivity (Wildman–Crippen MR) is 87.4 cm³/mol. The molecule has 0 aliphatic heterocycles. The summed E-state index contributed by atoms with van der Waals surface area (Å²) >= 11 is 0. The summed E-state index contributed by atoms with van der Waals surface area (Å²) in [5.41, 5.74) is 4.57. The lowest BCUT2D eigenvalue weighted by Crippen LogP contribution is -2.23. The maximum absolute atomic E-state index is 12.0.